The van der Waals surface area contributed by atoms with Crippen LogP contribution in [-0.2, 0) is 0 Å². The van der Waals surface area contributed by atoms with Gasteiger partial charge in [-0.1, -0.05) is 12.1 Å². The number of hydrogen-bond donors (Lipinski definition) is 1. The second-order valence-electron chi connectivity index (χ2n) is 4.00. The van der Waals surface area contributed by atoms with Gasteiger partial charge in [0.1, 0.15) is 11.6 Å². The van der Waals surface area contributed by atoms with Crippen LogP contribution in [0.5, 0.6) is 0 Å². The zero-order valence-electron chi connectivity index (χ0n) is 10.7. The molecule has 1 N–H and O–H groups in total. The molecule has 0 saturated carbocycles. The fraction of sp³-hybridized carbons (Fsp3) is 0.143. The molecule has 0 aliphatic heterocycles. The summed E-state index contributed by atoms with van der Waals surface area (Å²) in [5.74, 6) is -0.127. The van der Waals surface area contributed by atoms with Gasteiger partial charge in [0.2, 0.25) is 0 Å². The largest absolute Gasteiger partial charge is 0.373 e. The quantitative estimate of drug-likeness (QED) is 0.921. The van der Waals surface area contributed by atoms with Gasteiger partial charge in [-0.2, -0.15) is 0 Å². The Bertz CT molecular complexity index is 601. The van der Waals surface area contributed by atoms with Gasteiger partial charge in [-0.15, -0.1) is 0 Å². The highest BCUT2D eigenvalue weighted by Crippen LogP contribution is 2.19. The van der Waals surface area contributed by atoms with Crippen LogP contribution in [-0.4, -0.2) is 25.0 Å². The van der Waals surface area contributed by atoms with Gasteiger partial charge in [0.25, 0.3) is 5.91 Å². The van der Waals surface area contributed by atoms with Gasteiger partial charge in [-0.25, -0.2) is 9.37 Å². The van der Waals surface area contributed by atoms with E-state index in [2.05, 4.69) is 10.3 Å². The van der Waals surface area contributed by atoms with Crippen LogP contribution in [0.3, 0.4) is 0 Å². The molecule has 0 atom stereocenters. The van der Waals surface area contributed by atoms with E-state index < -0.39 is 5.82 Å². The zero-order valence-corrected chi connectivity index (χ0v) is 10.7. The molecule has 1 aromatic heterocycles. The van der Waals surface area contributed by atoms with E-state index in [9.17, 15) is 9.18 Å². The number of nitrogens with zero attached hydrogens (tertiary/aromatic N) is 2. The first kappa shape index (κ1) is 13.0. The third-order valence-corrected chi connectivity index (χ3v) is 2.78. The number of carbonyl (C=O) groups is 1. The standard InChI is InChI=1S/C14H14FN3O/c1-16-13-9-10(7-8-17-13)14(19)18(2)12-6-4-3-5-11(12)15/h3-9H,1-2H3,(H,16,17). The van der Waals surface area contributed by atoms with E-state index in [1.165, 1.54) is 17.2 Å². The van der Waals surface area contributed by atoms with Gasteiger partial charge in [0.15, 0.2) is 0 Å². The summed E-state index contributed by atoms with van der Waals surface area (Å²) in [6.07, 6.45) is 1.54. The van der Waals surface area contributed by atoms with Crippen molar-refractivity contribution in [1.82, 2.24) is 4.98 Å². The predicted molar refractivity (Wildman–Crippen MR) is 72.9 cm³/mol. The molecule has 98 valence electrons. The maximum Gasteiger partial charge on any atom is 0.258 e. The number of anilines is 2. The first-order valence-electron chi connectivity index (χ1n) is 5.80. The lowest BCUT2D eigenvalue weighted by molar-refractivity contribution is 0.0992. The molecule has 0 radical (unpaired) electrons. The molecule has 0 unspecified atom stereocenters. The van der Waals surface area contributed by atoms with Crippen LogP contribution >= 0.6 is 0 Å². The first-order valence-corrected chi connectivity index (χ1v) is 5.80. The third kappa shape index (κ3) is 2.70. The van der Waals surface area contributed by atoms with Gasteiger partial charge in [0.05, 0.1) is 5.69 Å². The Morgan fingerprint density at radius 3 is 2.74 bits per heavy atom. The molecule has 1 heterocycles. The smallest absolute Gasteiger partial charge is 0.258 e. The van der Waals surface area contributed by atoms with E-state index in [1.54, 1.807) is 44.4 Å². The molecular weight excluding hydrogens is 245 g/mol. The first-order chi connectivity index (χ1) is 9.13. The lowest BCUT2D eigenvalue weighted by Gasteiger charge is -2.18. The van der Waals surface area contributed by atoms with Crippen molar-refractivity contribution >= 4 is 17.4 Å². The number of halogens is 1. The Kier molecular flexibility index (Phi) is 3.75. The molecular formula is C14H14FN3O. The van der Waals surface area contributed by atoms with Crippen LogP contribution in [0, 0.1) is 5.82 Å². The number of rotatable bonds is 3. The Morgan fingerprint density at radius 2 is 2.05 bits per heavy atom. The number of benzene rings is 1. The molecule has 0 aliphatic carbocycles. The SMILES string of the molecule is CNc1cc(C(=O)N(C)c2ccccc2F)ccn1. The summed E-state index contributed by atoms with van der Waals surface area (Å²) in [4.78, 5) is 17.6. The summed E-state index contributed by atoms with van der Waals surface area (Å²) in [6.45, 7) is 0. The van der Waals surface area contributed by atoms with Gasteiger partial charge >= 0.3 is 0 Å². The van der Waals surface area contributed by atoms with Gasteiger partial charge in [0, 0.05) is 25.9 Å². The number of pyridine rings is 1. The number of aromatic nitrogens is 1. The molecule has 0 saturated heterocycles. The van der Waals surface area contributed by atoms with Crippen LogP contribution in [0.1, 0.15) is 10.4 Å². The Balaban J connectivity index is 2.31. The fourth-order valence-corrected chi connectivity index (χ4v) is 1.73. The van der Waals surface area contributed by atoms with Crippen molar-refractivity contribution in [2.75, 3.05) is 24.3 Å². The number of nitrogens with one attached hydrogen (secondary N) is 1. The van der Waals surface area contributed by atoms with Gasteiger partial charge in [-0.3, -0.25) is 4.79 Å². The van der Waals surface area contributed by atoms with Crippen LogP contribution in [0.25, 0.3) is 0 Å². The normalized spacial score (nSPS) is 10.1. The van der Waals surface area contributed by atoms with Crippen molar-refractivity contribution in [3.63, 3.8) is 0 Å². The van der Waals surface area contributed by atoms with Crippen LogP contribution in [0.15, 0.2) is 42.6 Å². The number of hydrogen-bond acceptors (Lipinski definition) is 3. The second-order valence-corrected chi connectivity index (χ2v) is 4.00. The van der Waals surface area contributed by atoms with E-state index in [4.69, 9.17) is 0 Å². The van der Waals surface area contributed by atoms with Crippen molar-refractivity contribution in [3.05, 3.63) is 54.0 Å². The molecule has 5 heteroatoms. The minimum absolute atomic E-state index is 0.246. The van der Waals surface area contributed by atoms with E-state index in [-0.39, 0.29) is 11.6 Å². The summed E-state index contributed by atoms with van der Waals surface area (Å²) < 4.78 is 13.6. The second kappa shape index (κ2) is 5.48. The summed E-state index contributed by atoms with van der Waals surface area (Å²) >= 11 is 0. The van der Waals surface area contributed by atoms with Gasteiger partial charge < -0.3 is 10.2 Å². The highest BCUT2D eigenvalue weighted by Gasteiger charge is 2.16. The minimum atomic E-state index is -0.429. The van der Waals surface area contributed by atoms with Crippen LogP contribution in [0.2, 0.25) is 0 Å². The zero-order chi connectivity index (χ0) is 13.8. The average Bonchev–Trinajstić information content (AvgIpc) is 2.46. The lowest BCUT2D eigenvalue weighted by Crippen LogP contribution is -2.27. The Labute approximate surface area is 110 Å². The molecule has 0 fully saturated rings. The molecule has 0 aliphatic rings. The molecule has 1 aromatic carbocycles. The Morgan fingerprint density at radius 1 is 1.32 bits per heavy atom. The highest BCUT2D eigenvalue weighted by atomic mass is 19.1. The molecule has 19 heavy (non-hydrogen) atoms. The van der Waals surface area contributed by atoms with Crippen molar-refractivity contribution in [2.45, 2.75) is 0 Å². The van der Waals surface area contributed by atoms with E-state index in [0.717, 1.165) is 0 Å². The van der Waals surface area contributed by atoms with Crippen LogP contribution < -0.4 is 10.2 Å². The topological polar surface area (TPSA) is 45.2 Å². The summed E-state index contributed by atoms with van der Waals surface area (Å²) in [7, 11) is 3.26. The van der Waals surface area contributed by atoms with Crippen molar-refractivity contribution in [1.29, 1.82) is 0 Å². The number of amides is 1. The van der Waals surface area contributed by atoms with E-state index >= 15 is 0 Å². The fourth-order valence-electron chi connectivity index (χ4n) is 1.73. The lowest BCUT2D eigenvalue weighted by atomic mass is 10.2. The van der Waals surface area contributed by atoms with Gasteiger partial charge in [-0.05, 0) is 24.3 Å². The average molecular weight is 259 g/mol. The summed E-state index contributed by atoms with van der Waals surface area (Å²) in [5.41, 5.74) is 0.695. The predicted octanol–water partition coefficient (Wildman–Crippen LogP) is 2.54. The highest BCUT2D eigenvalue weighted by molar-refractivity contribution is 6.06. The van der Waals surface area contributed by atoms with Crippen molar-refractivity contribution in [3.8, 4) is 0 Å². The summed E-state index contributed by atoms with van der Waals surface area (Å²) in [5, 5.41) is 2.86. The molecule has 2 aromatic rings. The minimum Gasteiger partial charge on any atom is -0.373 e. The maximum absolute atomic E-state index is 13.6. The molecule has 0 bridgehead atoms. The van der Waals surface area contributed by atoms with Crippen molar-refractivity contribution < 1.29 is 9.18 Å². The number of para-hydroxylation sites is 1. The van der Waals surface area contributed by atoms with E-state index in [1.807, 2.05) is 0 Å². The monoisotopic (exact) mass is 259 g/mol. The molecule has 2 rings (SSSR count). The van der Waals surface area contributed by atoms with Crippen molar-refractivity contribution in [2.24, 2.45) is 0 Å². The number of carbonyl (C=O) groups excluding carboxylic acids is 1. The summed E-state index contributed by atoms with van der Waals surface area (Å²) in [6, 6.07) is 9.38. The molecule has 4 nitrogen and oxygen atoms in total. The molecule has 0 spiro atoms. The third-order valence-electron chi connectivity index (χ3n) is 2.78. The van der Waals surface area contributed by atoms with Crippen LogP contribution in [0.4, 0.5) is 15.9 Å². The molecule has 1 amide bonds. The Hall–Kier alpha value is -2.43. The van der Waals surface area contributed by atoms with E-state index in [0.29, 0.717) is 11.4 Å². The maximum atomic E-state index is 13.6.